The lowest BCUT2D eigenvalue weighted by Crippen LogP contribution is -2.33. The lowest BCUT2D eigenvalue weighted by atomic mass is 9.63. The third-order valence-corrected chi connectivity index (χ3v) is 8.38. The van der Waals surface area contributed by atoms with Gasteiger partial charge in [-0.3, -0.25) is 0 Å². The van der Waals surface area contributed by atoms with Gasteiger partial charge in [0.05, 0.1) is 18.8 Å². The fourth-order valence-corrected chi connectivity index (χ4v) is 5.74. The summed E-state index contributed by atoms with van der Waals surface area (Å²) in [5.41, 5.74) is 7.76. The molecule has 1 aliphatic rings. The minimum Gasteiger partial charge on any atom is -0.494 e. The van der Waals surface area contributed by atoms with E-state index in [-0.39, 0.29) is 16.8 Å². The van der Waals surface area contributed by atoms with Crippen molar-refractivity contribution in [1.29, 1.82) is 0 Å². The molecule has 40 heavy (non-hydrogen) atoms. The zero-order valence-corrected chi connectivity index (χ0v) is 25.4. The highest BCUT2D eigenvalue weighted by molar-refractivity contribution is 5.98. The monoisotopic (exact) mass is 541 g/mol. The van der Waals surface area contributed by atoms with Crippen LogP contribution >= 0.6 is 0 Å². The molecule has 3 aromatic rings. The Morgan fingerprint density at radius 1 is 0.775 bits per heavy atom. The van der Waals surface area contributed by atoms with Crippen LogP contribution in [0.1, 0.15) is 95.1 Å². The minimum absolute atomic E-state index is 0.0881. The van der Waals surface area contributed by atoms with Gasteiger partial charge < -0.3 is 14.8 Å². The average Bonchev–Trinajstić information content (AvgIpc) is 2.95. The molecule has 0 heterocycles. The number of rotatable bonds is 12. The van der Waals surface area contributed by atoms with Gasteiger partial charge in [0.15, 0.2) is 0 Å². The van der Waals surface area contributed by atoms with Gasteiger partial charge in [0, 0.05) is 0 Å². The molecule has 4 heteroatoms. The molecule has 0 aromatic heterocycles. The molecule has 0 saturated heterocycles. The van der Waals surface area contributed by atoms with E-state index in [9.17, 15) is 4.79 Å². The number of ether oxygens (including phenoxy) is 2. The molecular weight excluding hydrogens is 494 g/mol. The quantitative estimate of drug-likeness (QED) is 0.184. The maximum Gasteiger partial charge on any atom is 0.338 e. The van der Waals surface area contributed by atoms with Gasteiger partial charge in [-0.05, 0) is 121 Å². The molecule has 0 spiro atoms. The van der Waals surface area contributed by atoms with Crippen molar-refractivity contribution in [2.24, 2.45) is 0 Å². The summed E-state index contributed by atoms with van der Waals surface area (Å²) in [5.74, 6) is 0.605. The number of esters is 1. The number of unbranched alkanes of at least 4 members (excludes halogenated alkanes) is 2. The number of carbonyl (C=O) groups excluding carboxylic acids is 1. The van der Waals surface area contributed by atoms with Crippen LogP contribution in [0.5, 0.6) is 5.75 Å². The van der Waals surface area contributed by atoms with E-state index >= 15 is 0 Å². The molecule has 1 N–H and O–H groups in total. The van der Waals surface area contributed by atoms with Gasteiger partial charge in [-0.25, -0.2) is 4.79 Å². The highest BCUT2D eigenvalue weighted by Crippen LogP contribution is 2.47. The van der Waals surface area contributed by atoms with Gasteiger partial charge in [0.25, 0.3) is 0 Å². The minimum atomic E-state index is -0.282. The fraction of sp³-hybridized carbons (Fsp3) is 0.472. The van der Waals surface area contributed by atoms with Crippen LogP contribution in [0.15, 0.2) is 60.7 Å². The van der Waals surface area contributed by atoms with Crippen LogP contribution in [0.4, 0.5) is 0 Å². The predicted octanol–water partition coefficient (Wildman–Crippen LogP) is 8.70. The Kier molecular flexibility index (Phi) is 9.73. The standard InChI is InChI=1S/C36H47NO3/c1-7-37-22-10-9-11-23-40-29-16-12-26(13-17-29)27-14-18-30(34(38)39-8-2)31(24-27)28-15-19-32-33(25-28)36(5,6)21-20-35(32,3)4/h12-19,24-25,37H,7-11,20-23H2,1-6H3. The van der Waals surface area contributed by atoms with Crippen molar-refractivity contribution in [2.45, 2.75) is 84.5 Å². The summed E-state index contributed by atoms with van der Waals surface area (Å²) in [5, 5.41) is 3.36. The molecule has 3 aromatic carbocycles. The van der Waals surface area contributed by atoms with Crippen molar-refractivity contribution in [2.75, 3.05) is 26.3 Å². The van der Waals surface area contributed by atoms with Gasteiger partial charge in [-0.1, -0.05) is 71.0 Å². The molecule has 0 amide bonds. The molecule has 0 radical (unpaired) electrons. The molecule has 0 fully saturated rings. The van der Waals surface area contributed by atoms with Crippen LogP contribution in [0, 0.1) is 0 Å². The summed E-state index contributed by atoms with van der Waals surface area (Å²) in [7, 11) is 0. The summed E-state index contributed by atoms with van der Waals surface area (Å²) in [6.07, 6.45) is 5.72. The Labute approximate surface area is 241 Å². The molecule has 0 bridgehead atoms. The topological polar surface area (TPSA) is 47.6 Å². The first-order valence-electron chi connectivity index (χ1n) is 15.1. The summed E-state index contributed by atoms with van der Waals surface area (Å²) >= 11 is 0. The Hall–Kier alpha value is -3.11. The van der Waals surface area contributed by atoms with Crippen molar-refractivity contribution < 1.29 is 14.3 Å². The van der Waals surface area contributed by atoms with Gasteiger partial charge >= 0.3 is 5.97 Å². The molecular formula is C36H47NO3. The summed E-state index contributed by atoms with van der Waals surface area (Å²) in [6, 6.07) is 21.1. The first kappa shape index (κ1) is 29.9. The van der Waals surface area contributed by atoms with Crippen LogP contribution in [-0.4, -0.2) is 32.3 Å². The lowest BCUT2D eigenvalue weighted by molar-refractivity contribution is 0.0527. The van der Waals surface area contributed by atoms with E-state index in [1.165, 1.54) is 24.0 Å². The Morgan fingerprint density at radius 3 is 2.15 bits per heavy atom. The fourth-order valence-electron chi connectivity index (χ4n) is 5.74. The van der Waals surface area contributed by atoms with Gasteiger partial charge in [-0.2, -0.15) is 0 Å². The second kappa shape index (κ2) is 13.0. The van der Waals surface area contributed by atoms with E-state index in [1.807, 2.05) is 31.2 Å². The first-order valence-corrected chi connectivity index (χ1v) is 15.1. The van der Waals surface area contributed by atoms with E-state index in [0.29, 0.717) is 12.2 Å². The third-order valence-electron chi connectivity index (χ3n) is 8.38. The van der Waals surface area contributed by atoms with Gasteiger partial charge in [-0.15, -0.1) is 0 Å². The summed E-state index contributed by atoms with van der Waals surface area (Å²) in [4.78, 5) is 13.0. The Morgan fingerprint density at radius 2 is 1.45 bits per heavy atom. The first-order chi connectivity index (χ1) is 19.2. The normalized spacial score (nSPS) is 15.3. The predicted molar refractivity (Wildman–Crippen MR) is 166 cm³/mol. The van der Waals surface area contributed by atoms with Gasteiger partial charge in [0.1, 0.15) is 5.75 Å². The zero-order chi connectivity index (χ0) is 28.8. The molecule has 0 atom stereocenters. The highest BCUT2D eigenvalue weighted by Gasteiger charge is 2.37. The Balaban J connectivity index is 1.60. The SMILES string of the molecule is CCNCCCCCOc1ccc(-c2ccc(C(=O)OCC)c(-c3ccc4c(c3)C(C)(C)CCC4(C)C)c2)cc1. The molecule has 0 unspecified atom stereocenters. The molecule has 1 aliphatic carbocycles. The van der Waals surface area contributed by atoms with Crippen LogP contribution in [-0.2, 0) is 15.6 Å². The van der Waals surface area contributed by atoms with Crippen molar-refractivity contribution in [3.8, 4) is 28.0 Å². The molecule has 0 aliphatic heterocycles. The second-order valence-electron chi connectivity index (χ2n) is 12.3. The van der Waals surface area contributed by atoms with E-state index in [4.69, 9.17) is 9.47 Å². The number of fused-ring (bicyclic) bond motifs is 1. The highest BCUT2D eigenvalue weighted by atomic mass is 16.5. The molecule has 0 saturated carbocycles. The maximum atomic E-state index is 13.0. The smallest absolute Gasteiger partial charge is 0.338 e. The van der Waals surface area contributed by atoms with Crippen molar-refractivity contribution in [3.63, 3.8) is 0 Å². The van der Waals surface area contributed by atoms with E-state index in [1.54, 1.807) is 0 Å². The summed E-state index contributed by atoms with van der Waals surface area (Å²) in [6.45, 7) is 16.5. The van der Waals surface area contributed by atoms with Gasteiger partial charge in [0.2, 0.25) is 0 Å². The molecule has 4 nitrogen and oxygen atoms in total. The van der Waals surface area contributed by atoms with Crippen LogP contribution in [0.25, 0.3) is 22.3 Å². The maximum absolute atomic E-state index is 13.0. The van der Waals surface area contributed by atoms with E-state index in [2.05, 4.69) is 76.3 Å². The zero-order valence-electron chi connectivity index (χ0n) is 25.4. The average molecular weight is 542 g/mol. The van der Waals surface area contributed by atoms with Crippen LogP contribution in [0.2, 0.25) is 0 Å². The second-order valence-corrected chi connectivity index (χ2v) is 12.3. The largest absolute Gasteiger partial charge is 0.494 e. The number of hydrogen-bond acceptors (Lipinski definition) is 4. The van der Waals surface area contributed by atoms with E-state index < -0.39 is 0 Å². The number of hydrogen-bond donors (Lipinski definition) is 1. The number of benzene rings is 3. The van der Waals surface area contributed by atoms with E-state index in [0.717, 1.165) is 67.0 Å². The van der Waals surface area contributed by atoms with Crippen molar-refractivity contribution >= 4 is 5.97 Å². The lowest BCUT2D eigenvalue weighted by Gasteiger charge is -2.42. The summed E-state index contributed by atoms with van der Waals surface area (Å²) < 4.78 is 11.4. The third kappa shape index (κ3) is 6.96. The number of carbonyl (C=O) groups is 1. The van der Waals surface area contributed by atoms with Crippen LogP contribution in [0.3, 0.4) is 0 Å². The molecule has 214 valence electrons. The molecule has 4 rings (SSSR count). The van der Waals surface area contributed by atoms with Crippen LogP contribution < -0.4 is 10.1 Å². The Bertz CT molecular complexity index is 1290. The van der Waals surface area contributed by atoms with Crippen molar-refractivity contribution in [3.05, 3.63) is 77.4 Å². The number of nitrogens with one attached hydrogen (secondary N) is 1. The van der Waals surface area contributed by atoms with Crippen molar-refractivity contribution in [1.82, 2.24) is 5.32 Å².